The fourth-order valence-corrected chi connectivity index (χ4v) is 3.99. The Labute approximate surface area is 116 Å². The number of hydrogen-bond acceptors (Lipinski definition) is 3. The SMILES string of the molecule is CCCNCC1(Cc2ccc(Br)s2)CCOC1. The third-order valence-electron chi connectivity index (χ3n) is 3.29. The molecule has 1 N–H and O–H groups in total. The van der Waals surface area contributed by atoms with Gasteiger partial charge in [0.25, 0.3) is 0 Å². The Balaban J connectivity index is 1.96. The molecule has 2 heterocycles. The molecule has 1 fully saturated rings. The van der Waals surface area contributed by atoms with Crippen molar-refractivity contribution in [1.82, 2.24) is 5.32 Å². The van der Waals surface area contributed by atoms with Gasteiger partial charge in [0.05, 0.1) is 10.4 Å². The molecule has 2 nitrogen and oxygen atoms in total. The average Bonchev–Trinajstić information content (AvgIpc) is 2.90. The van der Waals surface area contributed by atoms with Crippen LogP contribution in [-0.4, -0.2) is 26.3 Å². The van der Waals surface area contributed by atoms with Crippen LogP contribution in [-0.2, 0) is 11.2 Å². The summed E-state index contributed by atoms with van der Waals surface area (Å²) >= 11 is 5.38. The van der Waals surface area contributed by atoms with Gasteiger partial charge in [-0.2, -0.15) is 0 Å². The van der Waals surface area contributed by atoms with Gasteiger partial charge in [-0.3, -0.25) is 0 Å². The summed E-state index contributed by atoms with van der Waals surface area (Å²) in [7, 11) is 0. The normalized spacial score (nSPS) is 24.4. The molecule has 96 valence electrons. The quantitative estimate of drug-likeness (QED) is 0.811. The first-order chi connectivity index (χ1) is 8.24. The highest BCUT2D eigenvalue weighted by molar-refractivity contribution is 9.11. The van der Waals surface area contributed by atoms with E-state index >= 15 is 0 Å². The Morgan fingerprint density at radius 1 is 1.53 bits per heavy atom. The van der Waals surface area contributed by atoms with E-state index in [1.165, 1.54) is 21.5 Å². The molecule has 1 atom stereocenters. The molecule has 4 heteroatoms. The third-order valence-corrected chi connectivity index (χ3v) is 4.91. The molecule has 1 aromatic rings. The van der Waals surface area contributed by atoms with Crippen LogP contribution >= 0.6 is 27.3 Å². The predicted molar refractivity (Wildman–Crippen MR) is 76.8 cm³/mol. The van der Waals surface area contributed by atoms with Gasteiger partial charge < -0.3 is 10.1 Å². The summed E-state index contributed by atoms with van der Waals surface area (Å²) in [5.74, 6) is 0. The van der Waals surface area contributed by atoms with Gasteiger partial charge in [0.1, 0.15) is 0 Å². The summed E-state index contributed by atoms with van der Waals surface area (Å²) in [4.78, 5) is 1.46. The lowest BCUT2D eigenvalue weighted by Gasteiger charge is -2.27. The van der Waals surface area contributed by atoms with E-state index in [4.69, 9.17) is 4.74 Å². The van der Waals surface area contributed by atoms with E-state index in [1.807, 2.05) is 11.3 Å². The van der Waals surface area contributed by atoms with Crippen molar-refractivity contribution < 1.29 is 4.74 Å². The van der Waals surface area contributed by atoms with Crippen LogP contribution < -0.4 is 5.32 Å². The van der Waals surface area contributed by atoms with Crippen LogP contribution in [0.2, 0.25) is 0 Å². The second-order valence-corrected chi connectivity index (χ2v) is 7.41. The molecule has 0 radical (unpaired) electrons. The van der Waals surface area contributed by atoms with Crippen LogP contribution in [0, 0.1) is 5.41 Å². The molecular weight excluding hydrogens is 298 g/mol. The fourth-order valence-electron chi connectivity index (χ4n) is 2.34. The van der Waals surface area contributed by atoms with Crippen molar-refractivity contribution in [3.63, 3.8) is 0 Å². The Hall–Kier alpha value is 0.1000. The summed E-state index contributed by atoms with van der Waals surface area (Å²) < 4.78 is 6.85. The average molecular weight is 318 g/mol. The molecule has 0 bridgehead atoms. The minimum atomic E-state index is 0.319. The van der Waals surface area contributed by atoms with Gasteiger partial charge in [-0.05, 0) is 53.9 Å². The Morgan fingerprint density at radius 2 is 2.41 bits per heavy atom. The van der Waals surface area contributed by atoms with Crippen LogP contribution in [0.3, 0.4) is 0 Å². The van der Waals surface area contributed by atoms with Crippen molar-refractivity contribution in [1.29, 1.82) is 0 Å². The number of thiophene rings is 1. The minimum Gasteiger partial charge on any atom is -0.381 e. The summed E-state index contributed by atoms with van der Waals surface area (Å²) in [5, 5.41) is 3.56. The molecule has 1 unspecified atom stereocenters. The maximum absolute atomic E-state index is 5.62. The van der Waals surface area contributed by atoms with Crippen molar-refractivity contribution in [3.8, 4) is 0 Å². The van der Waals surface area contributed by atoms with E-state index in [-0.39, 0.29) is 0 Å². The minimum absolute atomic E-state index is 0.319. The Morgan fingerprint density at radius 3 is 3.00 bits per heavy atom. The van der Waals surface area contributed by atoms with Gasteiger partial charge >= 0.3 is 0 Å². The van der Waals surface area contributed by atoms with E-state index in [0.717, 1.165) is 32.7 Å². The van der Waals surface area contributed by atoms with E-state index in [2.05, 4.69) is 40.3 Å². The van der Waals surface area contributed by atoms with E-state index < -0.39 is 0 Å². The van der Waals surface area contributed by atoms with Crippen molar-refractivity contribution in [2.75, 3.05) is 26.3 Å². The monoisotopic (exact) mass is 317 g/mol. The van der Waals surface area contributed by atoms with E-state index in [1.54, 1.807) is 0 Å². The molecule has 17 heavy (non-hydrogen) atoms. The topological polar surface area (TPSA) is 21.3 Å². The van der Waals surface area contributed by atoms with Crippen molar-refractivity contribution in [2.45, 2.75) is 26.2 Å². The fraction of sp³-hybridized carbons (Fsp3) is 0.692. The van der Waals surface area contributed by atoms with Crippen LogP contribution in [0.1, 0.15) is 24.6 Å². The number of ether oxygens (including phenoxy) is 1. The molecule has 0 saturated carbocycles. The lowest BCUT2D eigenvalue weighted by Crippen LogP contribution is -2.36. The number of halogens is 1. The van der Waals surface area contributed by atoms with Gasteiger partial charge in [0.15, 0.2) is 0 Å². The zero-order chi connectivity index (χ0) is 12.1. The van der Waals surface area contributed by atoms with Gasteiger partial charge in [0, 0.05) is 23.4 Å². The molecule has 1 aliphatic rings. The zero-order valence-electron chi connectivity index (χ0n) is 10.3. The predicted octanol–water partition coefficient (Wildman–Crippen LogP) is 3.46. The van der Waals surface area contributed by atoms with Crippen molar-refractivity contribution in [3.05, 3.63) is 20.8 Å². The second kappa shape index (κ2) is 6.32. The molecule has 1 aliphatic heterocycles. The smallest absolute Gasteiger partial charge is 0.0701 e. The Bertz CT molecular complexity index is 347. The van der Waals surface area contributed by atoms with Gasteiger partial charge in [-0.25, -0.2) is 0 Å². The van der Waals surface area contributed by atoms with Crippen LogP contribution in [0.5, 0.6) is 0 Å². The van der Waals surface area contributed by atoms with Crippen LogP contribution in [0.25, 0.3) is 0 Å². The lowest BCUT2D eigenvalue weighted by atomic mass is 9.83. The largest absolute Gasteiger partial charge is 0.381 e. The van der Waals surface area contributed by atoms with Crippen molar-refractivity contribution >= 4 is 27.3 Å². The third kappa shape index (κ3) is 3.78. The zero-order valence-corrected chi connectivity index (χ0v) is 12.7. The van der Waals surface area contributed by atoms with E-state index in [0.29, 0.717) is 5.41 Å². The van der Waals surface area contributed by atoms with Gasteiger partial charge in [0.2, 0.25) is 0 Å². The molecule has 2 rings (SSSR count). The lowest BCUT2D eigenvalue weighted by molar-refractivity contribution is 0.150. The first-order valence-corrected chi connectivity index (χ1v) is 7.88. The number of rotatable bonds is 6. The molecule has 1 aromatic heterocycles. The highest BCUT2D eigenvalue weighted by Gasteiger charge is 2.35. The highest BCUT2D eigenvalue weighted by atomic mass is 79.9. The maximum Gasteiger partial charge on any atom is 0.0701 e. The van der Waals surface area contributed by atoms with Gasteiger partial charge in [-0.1, -0.05) is 6.92 Å². The Kier molecular flexibility index (Phi) is 5.03. The molecule has 0 amide bonds. The number of hydrogen-bond donors (Lipinski definition) is 1. The summed E-state index contributed by atoms with van der Waals surface area (Å²) in [6.45, 7) is 6.22. The van der Waals surface area contributed by atoms with Crippen molar-refractivity contribution in [2.24, 2.45) is 5.41 Å². The second-order valence-electron chi connectivity index (χ2n) is 4.86. The number of nitrogens with one attached hydrogen (secondary N) is 1. The standard InChI is InChI=1S/C13H20BrNOS/c1-2-6-15-9-13(5-7-16-10-13)8-11-3-4-12(14)17-11/h3-4,15H,2,5-10H2,1H3. The first kappa shape index (κ1) is 13.5. The highest BCUT2D eigenvalue weighted by Crippen LogP contribution is 2.35. The summed E-state index contributed by atoms with van der Waals surface area (Å²) in [5.41, 5.74) is 0.319. The summed E-state index contributed by atoms with van der Waals surface area (Å²) in [6.07, 6.45) is 3.51. The molecule has 0 spiro atoms. The first-order valence-electron chi connectivity index (χ1n) is 6.27. The molecule has 0 aromatic carbocycles. The molecule has 1 saturated heterocycles. The van der Waals surface area contributed by atoms with Crippen LogP contribution in [0.15, 0.2) is 15.9 Å². The van der Waals surface area contributed by atoms with E-state index in [9.17, 15) is 0 Å². The summed E-state index contributed by atoms with van der Waals surface area (Å²) in [6, 6.07) is 4.37. The maximum atomic E-state index is 5.62. The van der Waals surface area contributed by atoms with Gasteiger partial charge in [-0.15, -0.1) is 11.3 Å². The molecular formula is C13H20BrNOS. The molecule has 0 aliphatic carbocycles. The van der Waals surface area contributed by atoms with Crippen LogP contribution in [0.4, 0.5) is 0 Å².